The Hall–Kier alpha value is -1.38. The first kappa shape index (κ1) is 17.0. The number of likely N-dealkylation sites (N-methyl/N-ethyl adjacent to an activating group) is 1. The van der Waals surface area contributed by atoms with Crippen LogP contribution in [-0.4, -0.2) is 31.4 Å². The Morgan fingerprint density at radius 3 is 2.68 bits per heavy atom. The fourth-order valence-electron chi connectivity index (χ4n) is 2.98. The van der Waals surface area contributed by atoms with E-state index in [2.05, 4.69) is 32.2 Å². The van der Waals surface area contributed by atoms with Crippen LogP contribution in [0.4, 0.5) is 5.00 Å². The Bertz CT molecular complexity index is 605. The summed E-state index contributed by atoms with van der Waals surface area (Å²) in [5.41, 5.74) is 2.12. The van der Waals surface area contributed by atoms with Crippen LogP contribution in [0.3, 0.4) is 0 Å². The molecule has 22 heavy (non-hydrogen) atoms. The summed E-state index contributed by atoms with van der Waals surface area (Å²) in [5.74, 6) is 0.572. The highest BCUT2D eigenvalue weighted by molar-refractivity contribution is 7.16. The van der Waals surface area contributed by atoms with Gasteiger partial charge in [0.1, 0.15) is 11.1 Å². The van der Waals surface area contributed by atoms with Gasteiger partial charge in [-0.1, -0.05) is 20.8 Å². The van der Waals surface area contributed by atoms with E-state index in [1.807, 2.05) is 19.0 Å². The summed E-state index contributed by atoms with van der Waals surface area (Å²) in [7, 11) is 3.72. The molecule has 1 N–H and O–H groups in total. The van der Waals surface area contributed by atoms with E-state index in [-0.39, 0.29) is 11.3 Å². The van der Waals surface area contributed by atoms with Gasteiger partial charge in [-0.2, -0.15) is 5.26 Å². The molecule has 1 aromatic heterocycles. The maximum absolute atomic E-state index is 12.0. The first-order valence-corrected chi connectivity index (χ1v) is 8.53. The molecule has 1 aliphatic carbocycles. The van der Waals surface area contributed by atoms with Gasteiger partial charge in [0.25, 0.3) is 0 Å². The number of anilines is 1. The van der Waals surface area contributed by atoms with Crippen LogP contribution in [0.1, 0.15) is 43.2 Å². The largest absolute Gasteiger partial charge is 0.315 e. The monoisotopic (exact) mass is 319 g/mol. The van der Waals surface area contributed by atoms with Crippen molar-refractivity contribution in [3.05, 3.63) is 16.0 Å². The fourth-order valence-corrected chi connectivity index (χ4v) is 4.28. The lowest BCUT2D eigenvalue weighted by atomic mass is 9.72. The first-order valence-electron chi connectivity index (χ1n) is 7.71. The van der Waals surface area contributed by atoms with Gasteiger partial charge in [0.05, 0.1) is 12.1 Å². The van der Waals surface area contributed by atoms with Gasteiger partial charge >= 0.3 is 0 Å². The van der Waals surface area contributed by atoms with Gasteiger partial charge in [-0.15, -0.1) is 11.3 Å². The molecule has 0 aliphatic heterocycles. The van der Waals surface area contributed by atoms with Crippen molar-refractivity contribution < 1.29 is 4.79 Å². The molecule has 1 unspecified atom stereocenters. The van der Waals surface area contributed by atoms with Gasteiger partial charge in [0, 0.05) is 4.88 Å². The SMILES string of the molecule is CN(C)CC(=O)Nc1sc2c(c1C#N)CCC(C(C)(C)C)C2. The molecular formula is C17H25N3OS. The molecule has 1 aromatic rings. The van der Waals surface area contributed by atoms with E-state index < -0.39 is 0 Å². The summed E-state index contributed by atoms with van der Waals surface area (Å²) in [4.78, 5) is 15.1. The minimum atomic E-state index is -0.0625. The van der Waals surface area contributed by atoms with Crippen molar-refractivity contribution in [2.45, 2.75) is 40.0 Å². The summed E-state index contributed by atoms with van der Waals surface area (Å²) in [5, 5.41) is 13.1. The van der Waals surface area contributed by atoms with Crippen molar-refractivity contribution in [3.63, 3.8) is 0 Å². The maximum Gasteiger partial charge on any atom is 0.239 e. The summed E-state index contributed by atoms with van der Waals surface area (Å²) >= 11 is 1.59. The van der Waals surface area contributed by atoms with Gasteiger partial charge < -0.3 is 10.2 Å². The van der Waals surface area contributed by atoms with Gasteiger partial charge in [-0.25, -0.2) is 0 Å². The summed E-state index contributed by atoms with van der Waals surface area (Å²) in [6.45, 7) is 7.17. The molecule has 5 heteroatoms. The molecule has 0 fully saturated rings. The minimum absolute atomic E-state index is 0.0625. The molecule has 0 bridgehead atoms. The average molecular weight is 319 g/mol. The number of amides is 1. The van der Waals surface area contributed by atoms with E-state index in [0.717, 1.165) is 29.8 Å². The molecule has 0 radical (unpaired) electrons. The number of carbonyl (C=O) groups excluding carboxylic acids is 1. The van der Waals surface area contributed by atoms with Crippen molar-refractivity contribution in [2.24, 2.45) is 11.3 Å². The molecule has 1 heterocycles. The van der Waals surface area contributed by atoms with Crippen LogP contribution in [0.15, 0.2) is 0 Å². The number of nitriles is 1. The number of hydrogen-bond acceptors (Lipinski definition) is 4. The average Bonchev–Trinajstić information content (AvgIpc) is 2.72. The molecule has 4 nitrogen and oxygen atoms in total. The predicted octanol–water partition coefficient (Wildman–Crippen LogP) is 3.27. The standard InChI is InChI=1S/C17H25N3OS/c1-17(2,3)11-6-7-12-13(9-18)16(22-14(12)8-11)19-15(21)10-20(4)5/h11H,6-8,10H2,1-5H3,(H,19,21). The number of rotatable bonds is 3. The molecular weight excluding hydrogens is 294 g/mol. The summed E-state index contributed by atoms with van der Waals surface area (Å²) < 4.78 is 0. The first-order chi connectivity index (χ1) is 10.2. The maximum atomic E-state index is 12.0. The van der Waals surface area contributed by atoms with E-state index in [1.165, 1.54) is 4.88 Å². The number of thiophene rings is 1. The van der Waals surface area contributed by atoms with Crippen LogP contribution < -0.4 is 5.32 Å². The molecule has 0 saturated heterocycles. The second kappa shape index (κ2) is 6.39. The topological polar surface area (TPSA) is 56.1 Å². The highest BCUT2D eigenvalue weighted by Crippen LogP contribution is 2.43. The number of hydrogen-bond donors (Lipinski definition) is 1. The van der Waals surface area contributed by atoms with Crippen LogP contribution in [0, 0.1) is 22.7 Å². The number of carbonyl (C=O) groups is 1. The Morgan fingerprint density at radius 2 is 2.14 bits per heavy atom. The fraction of sp³-hybridized carbons (Fsp3) is 0.647. The van der Waals surface area contributed by atoms with E-state index >= 15 is 0 Å². The molecule has 0 aromatic carbocycles. The Labute approximate surface area is 137 Å². The van der Waals surface area contributed by atoms with E-state index in [0.29, 0.717) is 18.0 Å². The van der Waals surface area contributed by atoms with E-state index in [9.17, 15) is 10.1 Å². The normalized spacial score (nSPS) is 18.0. The molecule has 1 aliphatic rings. The van der Waals surface area contributed by atoms with Crippen molar-refractivity contribution in [3.8, 4) is 6.07 Å². The van der Waals surface area contributed by atoms with Crippen LogP contribution in [0.2, 0.25) is 0 Å². The summed E-state index contributed by atoms with van der Waals surface area (Å²) in [6.07, 6.45) is 3.08. The number of fused-ring (bicyclic) bond motifs is 1. The van der Waals surface area contributed by atoms with Gasteiger partial charge in [-0.3, -0.25) is 4.79 Å². The third-order valence-corrected chi connectivity index (χ3v) is 5.48. The highest BCUT2D eigenvalue weighted by atomic mass is 32.1. The third-order valence-electron chi connectivity index (χ3n) is 4.31. The lowest BCUT2D eigenvalue weighted by Gasteiger charge is -2.33. The predicted molar refractivity (Wildman–Crippen MR) is 91.2 cm³/mol. The zero-order valence-corrected chi connectivity index (χ0v) is 14.9. The second-order valence-corrected chi connectivity index (χ2v) is 8.52. The quantitative estimate of drug-likeness (QED) is 0.930. The number of nitrogens with zero attached hydrogens (tertiary/aromatic N) is 2. The zero-order chi connectivity index (χ0) is 16.5. The third kappa shape index (κ3) is 3.68. The molecule has 1 amide bonds. The van der Waals surface area contributed by atoms with Crippen molar-refractivity contribution in [2.75, 3.05) is 26.0 Å². The molecule has 1 atom stereocenters. The van der Waals surface area contributed by atoms with Crippen molar-refractivity contribution in [1.82, 2.24) is 4.90 Å². The lowest BCUT2D eigenvalue weighted by molar-refractivity contribution is -0.116. The second-order valence-electron chi connectivity index (χ2n) is 7.41. The Balaban J connectivity index is 2.23. The molecule has 120 valence electrons. The van der Waals surface area contributed by atoms with Crippen LogP contribution in [0.5, 0.6) is 0 Å². The highest BCUT2D eigenvalue weighted by Gasteiger charge is 2.32. The molecule has 0 spiro atoms. The minimum Gasteiger partial charge on any atom is -0.315 e. The Morgan fingerprint density at radius 1 is 1.45 bits per heavy atom. The van der Waals surface area contributed by atoms with E-state index in [1.54, 1.807) is 11.3 Å². The molecule has 2 rings (SSSR count). The smallest absolute Gasteiger partial charge is 0.239 e. The van der Waals surface area contributed by atoms with Crippen LogP contribution >= 0.6 is 11.3 Å². The van der Waals surface area contributed by atoms with E-state index in [4.69, 9.17) is 0 Å². The lowest BCUT2D eigenvalue weighted by Crippen LogP contribution is -2.27. The summed E-state index contributed by atoms with van der Waals surface area (Å²) in [6, 6.07) is 2.30. The van der Waals surface area contributed by atoms with Crippen LogP contribution in [0.25, 0.3) is 0 Å². The van der Waals surface area contributed by atoms with Crippen LogP contribution in [-0.2, 0) is 17.6 Å². The van der Waals surface area contributed by atoms with Crippen molar-refractivity contribution >= 4 is 22.2 Å². The molecule has 0 saturated carbocycles. The zero-order valence-electron chi connectivity index (χ0n) is 14.1. The van der Waals surface area contributed by atoms with Gasteiger partial charge in [0.2, 0.25) is 5.91 Å². The van der Waals surface area contributed by atoms with Gasteiger partial charge in [0.15, 0.2) is 0 Å². The number of nitrogens with one attached hydrogen (secondary N) is 1. The van der Waals surface area contributed by atoms with Crippen molar-refractivity contribution in [1.29, 1.82) is 5.26 Å². The van der Waals surface area contributed by atoms with Gasteiger partial charge in [-0.05, 0) is 50.3 Å². The Kier molecular flexibility index (Phi) is 4.93.